The minimum atomic E-state index is 0.297. The van der Waals surface area contributed by atoms with E-state index < -0.39 is 0 Å². The highest BCUT2D eigenvalue weighted by Crippen LogP contribution is 2.34. The number of unbranched alkanes of at least 4 members (excludes halogenated alkanes) is 1. The molecule has 78 valence electrons. The van der Waals surface area contributed by atoms with Crippen LogP contribution < -0.4 is 5.73 Å². The third-order valence-corrected chi connectivity index (χ3v) is 4.37. The Labute approximate surface area is 90.3 Å². The van der Waals surface area contributed by atoms with E-state index in [2.05, 4.69) is 13.0 Å². The molecule has 0 saturated carbocycles. The summed E-state index contributed by atoms with van der Waals surface area (Å²) in [6, 6.07) is 2.65. The maximum atomic E-state index is 6.15. The lowest BCUT2D eigenvalue weighted by molar-refractivity contribution is 0.611. The molecule has 1 aromatic rings. The third kappa shape index (κ3) is 2.01. The summed E-state index contributed by atoms with van der Waals surface area (Å²) in [6.07, 6.45) is 7.58. The second-order valence-corrected chi connectivity index (χ2v) is 5.37. The Hall–Kier alpha value is -0.340. The maximum absolute atomic E-state index is 6.15. The fraction of sp³-hybridized carbons (Fsp3) is 0.667. The van der Waals surface area contributed by atoms with Crippen molar-refractivity contribution < 1.29 is 0 Å². The van der Waals surface area contributed by atoms with Crippen LogP contribution >= 0.6 is 11.3 Å². The first-order valence-electron chi connectivity index (χ1n) is 5.68. The zero-order valence-electron chi connectivity index (χ0n) is 8.88. The Balaban J connectivity index is 2.02. The monoisotopic (exact) mass is 209 g/mol. The molecular formula is C12H19NS. The minimum absolute atomic E-state index is 0.297. The Kier molecular flexibility index (Phi) is 3.24. The number of thiophene rings is 1. The summed E-state index contributed by atoms with van der Waals surface area (Å²) >= 11 is 1.96. The maximum Gasteiger partial charge on any atom is 0.0389 e. The van der Waals surface area contributed by atoms with E-state index in [1.807, 2.05) is 11.3 Å². The first kappa shape index (κ1) is 10.2. The SMILES string of the molecule is CCCCC(N)c1cc2c(s1)CCC2. The number of fused-ring (bicyclic) bond motifs is 1. The summed E-state index contributed by atoms with van der Waals surface area (Å²) in [6.45, 7) is 2.22. The fourth-order valence-corrected chi connectivity index (χ4v) is 3.39. The Morgan fingerprint density at radius 1 is 1.50 bits per heavy atom. The largest absolute Gasteiger partial charge is 0.323 e. The summed E-state index contributed by atoms with van der Waals surface area (Å²) < 4.78 is 0. The second kappa shape index (κ2) is 4.45. The fourth-order valence-electron chi connectivity index (χ4n) is 2.10. The van der Waals surface area contributed by atoms with E-state index >= 15 is 0 Å². The lowest BCUT2D eigenvalue weighted by Crippen LogP contribution is -2.08. The zero-order valence-corrected chi connectivity index (χ0v) is 9.70. The zero-order chi connectivity index (χ0) is 9.97. The lowest BCUT2D eigenvalue weighted by atomic mass is 10.1. The van der Waals surface area contributed by atoms with Crippen molar-refractivity contribution in [2.45, 2.75) is 51.5 Å². The number of aryl methyl sites for hydroxylation is 2. The molecule has 0 aromatic carbocycles. The van der Waals surface area contributed by atoms with E-state index in [0.29, 0.717) is 6.04 Å². The highest BCUT2D eigenvalue weighted by atomic mass is 32.1. The Morgan fingerprint density at radius 3 is 3.07 bits per heavy atom. The van der Waals surface area contributed by atoms with E-state index in [1.54, 1.807) is 10.4 Å². The molecule has 0 spiro atoms. The molecule has 0 amide bonds. The molecule has 2 heteroatoms. The molecule has 1 atom stereocenters. The predicted molar refractivity (Wildman–Crippen MR) is 62.8 cm³/mol. The van der Waals surface area contributed by atoms with Gasteiger partial charge in [0.15, 0.2) is 0 Å². The van der Waals surface area contributed by atoms with Crippen molar-refractivity contribution in [1.29, 1.82) is 0 Å². The molecular weight excluding hydrogens is 190 g/mol. The van der Waals surface area contributed by atoms with Crippen molar-refractivity contribution in [3.05, 3.63) is 21.4 Å². The van der Waals surface area contributed by atoms with Gasteiger partial charge in [-0.05, 0) is 37.3 Å². The lowest BCUT2D eigenvalue weighted by Gasteiger charge is -2.07. The van der Waals surface area contributed by atoms with Gasteiger partial charge in [0.25, 0.3) is 0 Å². The van der Waals surface area contributed by atoms with E-state index in [-0.39, 0.29) is 0 Å². The van der Waals surface area contributed by atoms with Crippen LogP contribution in [0.4, 0.5) is 0 Å². The van der Waals surface area contributed by atoms with Gasteiger partial charge < -0.3 is 5.73 Å². The first-order chi connectivity index (χ1) is 6.81. The molecule has 0 bridgehead atoms. The Bertz CT molecular complexity index is 282. The standard InChI is InChI=1S/C12H19NS/c1-2-3-6-10(13)12-8-9-5-4-7-11(9)14-12/h8,10H,2-7,13H2,1H3. The molecule has 2 N–H and O–H groups in total. The van der Waals surface area contributed by atoms with Gasteiger partial charge >= 0.3 is 0 Å². The second-order valence-electron chi connectivity index (χ2n) is 4.20. The van der Waals surface area contributed by atoms with Crippen molar-refractivity contribution in [1.82, 2.24) is 0 Å². The van der Waals surface area contributed by atoms with Crippen LogP contribution in [0.5, 0.6) is 0 Å². The topological polar surface area (TPSA) is 26.0 Å². The summed E-state index contributed by atoms with van der Waals surface area (Å²) in [7, 11) is 0. The summed E-state index contributed by atoms with van der Waals surface area (Å²) in [5.41, 5.74) is 7.73. The van der Waals surface area contributed by atoms with Gasteiger partial charge in [0.05, 0.1) is 0 Å². The van der Waals surface area contributed by atoms with Crippen LogP contribution in [-0.2, 0) is 12.8 Å². The van der Waals surface area contributed by atoms with E-state index in [0.717, 1.165) is 6.42 Å². The molecule has 1 aromatic heterocycles. The van der Waals surface area contributed by atoms with Crippen LogP contribution in [0.1, 0.15) is 54.0 Å². The molecule has 0 saturated heterocycles. The van der Waals surface area contributed by atoms with E-state index in [1.165, 1.54) is 37.0 Å². The van der Waals surface area contributed by atoms with Gasteiger partial charge in [-0.3, -0.25) is 0 Å². The normalized spacial score (nSPS) is 17.0. The molecule has 1 aliphatic rings. The third-order valence-electron chi connectivity index (χ3n) is 3.00. The van der Waals surface area contributed by atoms with Crippen LogP contribution in [0.15, 0.2) is 6.07 Å². The average molecular weight is 209 g/mol. The van der Waals surface area contributed by atoms with Crippen LogP contribution in [0.2, 0.25) is 0 Å². The molecule has 1 unspecified atom stereocenters. The summed E-state index contributed by atoms with van der Waals surface area (Å²) in [5, 5.41) is 0. The molecule has 0 aliphatic heterocycles. The van der Waals surface area contributed by atoms with Gasteiger partial charge in [-0.1, -0.05) is 19.8 Å². The summed E-state index contributed by atoms with van der Waals surface area (Å²) in [4.78, 5) is 3.02. The van der Waals surface area contributed by atoms with Gasteiger partial charge in [0.1, 0.15) is 0 Å². The molecule has 0 fully saturated rings. The molecule has 1 aliphatic carbocycles. The highest BCUT2D eigenvalue weighted by Gasteiger charge is 2.17. The van der Waals surface area contributed by atoms with Crippen molar-refractivity contribution in [2.24, 2.45) is 5.73 Å². The van der Waals surface area contributed by atoms with Crippen molar-refractivity contribution in [2.75, 3.05) is 0 Å². The van der Waals surface area contributed by atoms with Crippen molar-refractivity contribution in [3.8, 4) is 0 Å². The quantitative estimate of drug-likeness (QED) is 0.808. The first-order valence-corrected chi connectivity index (χ1v) is 6.50. The molecule has 1 nitrogen and oxygen atoms in total. The molecule has 2 rings (SSSR count). The Morgan fingerprint density at radius 2 is 2.36 bits per heavy atom. The van der Waals surface area contributed by atoms with Crippen LogP contribution in [0.3, 0.4) is 0 Å². The highest BCUT2D eigenvalue weighted by molar-refractivity contribution is 7.12. The molecule has 0 radical (unpaired) electrons. The van der Waals surface area contributed by atoms with Gasteiger partial charge in [-0.25, -0.2) is 0 Å². The number of rotatable bonds is 4. The average Bonchev–Trinajstić information content (AvgIpc) is 2.72. The number of hydrogen-bond acceptors (Lipinski definition) is 2. The number of nitrogens with two attached hydrogens (primary N) is 1. The van der Waals surface area contributed by atoms with Crippen LogP contribution in [-0.4, -0.2) is 0 Å². The van der Waals surface area contributed by atoms with Crippen molar-refractivity contribution in [3.63, 3.8) is 0 Å². The van der Waals surface area contributed by atoms with Crippen LogP contribution in [0.25, 0.3) is 0 Å². The van der Waals surface area contributed by atoms with Gasteiger partial charge in [-0.15, -0.1) is 11.3 Å². The van der Waals surface area contributed by atoms with Gasteiger partial charge in [0, 0.05) is 15.8 Å². The smallest absolute Gasteiger partial charge is 0.0389 e. The minimum Gasteiger partial charge on any atom is -0.323 e. The summed E-state index contributed by atoms with van der Waals surface area (Å²) in [5.74, 6) is 0. The molecule has 1 heterocycles. The number of hydrogen-bond donors (Lipinski definition) is 1. The van der Waals surface area contributed by atoms with Crippen LogP contribution in [0, 0.1) is 0 Å². The van der Waals surface area contributed by atoms with E-state index in [9.17, 15) is 0 Å². The van der Waals surface area contributed by atoms with E-state index in [4.69, 9.17) is 5.73 Å². The molecule has 14 heavy (non-hydrogen) atoms. The predicted octanol–water partition coefficient (Wildman–Crippen LogP) is 3.43. The van der Waals surface area contributed by atoms with Crippen molar-refractivity contribution >= 4 is 11.3 Å². The van der Waals surface area contributed by atoms with Gasteiger partial charge in [0.2, 0.25) is 0 Å². The van der Waals surface area contributed by atoms with Gasteiger partial charge in [-0.2, -0.15) is 0 Å².